The van der Waals surface area contributed by atoms with E-state index >= 15 is 0 Å². The molecule has 0 aliphatic carbocycles. The Morgan fingerprint density at radius 1 is 1.53 bits per heavy atom. The number of rotatable bonds is 3. The molecule has 1 fully saturated rings. The van der Waals surface area contributed by atoms with Gasteiger partial charge in [0, 0.05) is 17.1 Å². The number of anilines is 1. The van der Waals surface area contributed by atoms with Crippen LogP contribution < -0.4 is 10.2 Å². The number of hydrogen-bond donors (Lipinski definition) is 2. The summed E-state index contributed by atoms with van der Waals surface area (Å²) in [6.45, 7) is 2.51. The third kappa shape index (κ3) is 2.96. The lowest BCUT2D eigenvalue weighted by molar-refractivity contribution is -0.140. The molecule has 1 amide bonds. The Bertz CT molecular complexity index is 506. The van der Waals surface area contributed by atoms with E-state index in [1.54, 1.807) is 4.90 Å². The van der Waals surface area contributed by atoms with Gasteiger partial charge in [-0.2, -0.15) is 0 Å². The minimum atomic E-state index is -0.979. The van der Waals surface area contributed by atoms with Gasteiger partial charge in [-0.3, -0.25) is 9.59 Å². The summed E-state index contributed by atoms with van der Waals surface area (Å²) in [6, 6.07) is 6.76. The van der Waals surface area contributed by atoms with Crippen LogP contribution in [0.2, 0.25) is 0 Å². The Kier molecular flexibility index (Phi) is 4.21. The lowest BCUT2D eigenvalue weighted by atomic mass is 10.1. The quantitative estimate of drug-likeness (QED) is 0.885. The maximum absolute atomic E-state index is 12.4. The van der Waals surface area contributed by atoms with Gasteiger partial charge in [0.1, 0.15) is 0 Å². The minimum absolute atomic E-state index is 0.0174. The second-order valence-electron chi connectivity index (χ2n) is 4.57. The fraction of sp³-hybridized carbons (Fsp3) is 0.385. The van der Waals surface area contributed by atoms with E-state index in [2.05, 4.69) is 21.2 Å². The molecule has 1 aliphatic rings. The summed E-state index contributed by atoms with van der Waals surface area (Å²) in [5.74, 6) is -1.18. The van der Waals surface area contributed by atoms with Crippen LogP contribution >= 0.6 is 15.9 Å². The number of hydrogen-bond acceptors (Lipinski definition) is 3. The van der Waals surface area contributed by atoms with Crippen LogP contribution in [-0.4, -0.2) is 35.6 Å². The zero-order valence-electron chi connectivity index (χ0n) is 10.5. The minimum Gasteiger partial charge on any atom is -0.481 e. The molecule has 1 saturated heterocycles. The van der Waals surface area contributed by atoms with E-state index in [-0.39, 0.29) is 18.4 Å². The van der Waals surface area contributed by atoms with Crippen molar-refractivity contribution in [1.82, 2.24) is 5.32 Å². The highest BCUT2D eigenvalue weighted by atomic mass is 79.9. The topological polar surface area (TPSA) is 69.6 Å². The van der Waals surface area contributed by atoms with Gasteiger partial charge in [-0.05, 0) is 35.0 Å². The molecule has 0 bridgehead atoms. The van der Waals surface area contributed by atoms with Crippen LogP contribution in [-0.2, 0) is 9.59 Å². The molecule has 1 heterocycles. The molecule has 0 spiro atoms. The zero-order valence-corrected chi connectivity index (χ0v) is 12.1. The highest BCUT2D eigenvalue weighted by molar-refractivity contribution is 9.10. The van der Waals surface area contributed by atoms with Gasteiger partial charge in [-0.25, -0.2) is 0 Å². The van der Waals surface area contributed by atoms with Crippen LogP contribution in [0.5, 0.6) is 0 Å². The summed E-state index contributed by atoms with van der Waals surface area (Å²) in [7, 11) is 0. The number of amides is 1. The average molecular weight is 327 g/mol. The molecule has 0 aromatic heterocycles. The number of aliphatic carboxylic acids is 1. The van der Waals surface area contributed by atoms with Gasteiger partial charge in [0.25, 0.3) is 0 Å². The highest BCUT2D eigenvalue weighted by Gasteiger charge is 2.35. The molecule has 19 heavy (non-hydrogen) atoms. The number of nitrogens with zero attached hydrogens (tertiary/aromatic N) is 1. The van der Waals surface area contributed by atoms with E-state index < -0.39 is 12.0 Å². The molecule has 1 aliphatic heterocycles. The molecule has 0 saturated carbocycles. The number of piperazine rings is 1. The SMILES string of the molecule is CC1CNC(CC(=O)O)C(=O)N1c1ccccc1Br. The number of carboxylic acid groups (broad SMARTS) is 1. The van der Waals surface area contributed by atoms with Crippen LogP contribution in [0, 0.1) is 0 Å². The molecule has 2 atom stereocenters. The van der Waals surface area contributed by atoms with Crippen LogP contribution in [0.3, 0.4) is 0 Å². The summed E-state index contributed by atoms with van der Waals surface area (Å²) in [5.41, 5.74) is 0.775. The normalized spacial score (nSPS) is 23.5. The second kappa shape index (κ2) is 5.71. The summed E-state index contributed by atoms with van der Waals surface area (Å²) in [5, 5.41) is 11.8. The molecule has 0 radical (unpaired) electrons. The molecule has 2 unspecified atom stereocenters. The van der Waals surface area contributed by atoms with Crippen molar-refractivity contribution in [3.8, 4) is 0 Å². The maximum atomic E-state index is 12.4. The van der Waals surface area contributed by atoms with Gasteiger partial charge in [0.2, 0.25) is 5.91 Å². The Morgan fingerprint density at radius 3 is 2.84 bits per heavy atom. The predicted molar refractivity (Wildman–Crippen MR) is 75.1 cm³/mol. The second-order valence-corrected chi connectivity index (χ2v) is 5.42. The number of carbonyl (C=O) groups is 2. The molecular weight excluding hydrogens is 312 g/mol. The highest BCUT2D eigenvalue weighted by Crippen LogP contribution is 2.29. The van der Waals surface area contributed by atoms with Crippen molar-refractivity contribution in [2.45, 2.75) is 25.4 Å². The van der Waals surface area contributed by atoms with Gasteiger partial charge in [-0.1, -0.05) is 12.1 Å². The number of nitrogens with one attached hydrogen (secondary N) is 1. The van der Waals surface area contributed by atoms with Gasteiger partial charge >= 0.3 is 5.97 Å². The van der Waals surface area contributed by atoms with Crippen molar-refractivity contribution in [1.29, 1.82) is 0 Å². The maximum Gasteiger partial charge on any atom is 0.305 e. The average Bonchev–Trinajstić information content (AvgIpc) is 2.35. The van der Waals surface area contributed by atoms with E-state index in [0.29, 0.717) is 6.54 Å². The lowest BCUT2D eigenvalue weighted by Gasteiger charge is -2.38. The van der Waals surface area contributed by atoms with Crippen molar-refractivity contribution in [2.24, 2.45) is 0 Å². The van der Waals surface area contributed by atoms with Crippen LogP contribution in [0.4, 0.5) is 5.69 Å². The van der Waals surface area contributed by atoms with Crippen molar-refractivity contribution in [2.75, 3.05) is 11.4 Å². The van der Waals surface area contributed by atoms with E-state index in [4.69, 9.17) is 5.11 Å². The first kappa shape index (κ1) is 14.0. The third-order valence-electron chi connectivity index (χ3n) is 3.13. The van der Waals surface area contributed by atoms with Crippen molar-refractivity contribution >= 4 is 33.5 Å². The van der Waals surface area contributed by atoms with Crippen LogP contribution in [0.15, 0.2) is 28.7 Å². The Morgan fingerprint density at radius 2 is 2.21 bits per heavy atom. The van der Waals surface area contributed by atoms with Crippen LogP contribution in [0.1, 0.15) is 13.3 Å². The molecular formula is C13H15BrN2O3. The fourth-order valence-electron chi connectivity index (χ4n) is 2.21. The predicted octanol–water partition coefficient (Wildman–Crippen LogP) is 1.62. The molecule has 1 aromatic carbocycles. The summed E-state index contributed by atoms with van der Waals surface area (Å²) in [6.07, 6.45) is -0.202. The summed E-state index contributed by atoms with van der Waals surface area (Å²) >= 11 is 3.43. The first-order valence-electron chi connectivity index (χ1n) is 6.03. The van der Waals surface area contributed by atoms with Crippen LogP contribution in [0.25, 0.3) is 0 Å². The van der Waals surface area contributed by atoms with Crippen molar-refractivity contribution < 1.29 is 14.7 Å². The van der Waals surface area contributed by atoms with E-state index in [0.717, 1.165) is 10.2 Å². The largest absolute Gasteiger partial charge is 0.481 e. The number of benzene rings is 1. The molecule has 5 nitrogen and oxygen atoms in total. The number of halogens is 1. The van der Waals surface area contributed by atoms with Gasteiger partial charge in [0.15, 0.2) is 0 Å². The van der Waals surface area contributed by atoms with E-state index in [1.165, 1.54) is 0 Å². The Balaban J connectivity index is 2.29. The fourth-order valence-corrected chi connectivity index (χ4v) is 2.69. The van der Waals surface area contributed by atoms with Crippen molar-refractivity contribution in [3.05, 3.63) is 28.7 Å². The Labute approximate surface area is 119 Å². The summed E-state index contributed by atoms with van der Waals surface area (Å²) < 4.78 is 0.825. The first-order valence-corrected chi connectivity index (χ1v) is 6.82. The molecule has 2 N–H and O–H groups in total. The number of para-hydroxylation sites is 1. The van der Waals surface area contributed by atoms with Gasteiger partial charge in [-0.15, -0.1) is 0 Å². The molecule has 2 rings (SSSR count). The van der Waals surface area contributed by atoms with Crippen molar-refractivity contribution in [3.63, 3.8) is 0 Å². The lowest BCUT2D eigenvalue weighted by Crippen LogP contribution is -2.60. The monoisotopic (exact) mass is 326 g/mol. The summed E-state index contributed by atoms with van der Waals surface area (Å²) in [4.78, 5) is 24.8. The zero-order chi connectivity index (χ0) is 14.0. The smallest absolute Gasteiger partial charge is 0.305 e. The van der Waals surface area contributed by atoms with E-state index in [9.17, 15) is 9.59 Å². The molecule has 6 heteroatoms. The molecule has 102 valence electrons. The first-order chi connectivity index (χ1) is 9.00. The Hall–Kier alpha value is -1.40. The van der Waals surface area contributed by atoms with Gasteiger partial charge < -0.3 is 15.3 Å². The molecule has 1 aromatic rings. The van der Waals surface area contributed by atoms with E-state index in [1.807, 2.05) is 31.2 Å². The number of carboxylic acids is 1. The third-order valence-corrected chi connectivity index (χ3v) is 3.80. The van der Waals surface area contributed by atoms with Gasteiger partial charge in [0.05, 0.1) is 18.2 Å². The standard InChI is InChI=1S/C13H15BrN2O3/c1-8-7-15-10(6-12(17)18)13(19)16(8)11-5-3-2-4-9(11)14/h2-5,8,10,15H,6-7H2,1H3,(H,17,18). The number of carbonyl (C=O) groups excluding carboxylic acids is 1.